The molecule has 0 aliphatic heterocycles. The Labute approximate surface area is 107 Å². The molecule has 0 fully saturated rings. The molecule has 0 radical (unpaired) electrons. The molecule has 2 aromatic rings. The topological polar surface area (TPSA) is 29.3 Å². The fourth-order valence-electron chi connectivity index (χ4n) is 1.78. The van der Waals surface area contributed by atoms with Gasteiger partial charge in [-0.3, -0.25) is 0 Å². The van der Waals surface area contributed by atoms with Crippen molar-refractivity contribution in [2.45, 2.75) is 19.9 Å². The van der Waals surface area contributed by atoms with Crippen LogP contribution in [0.5, 0.6) is 0 Å². The first kappa shape index (κ1) is 12.0. The number of hydrogen-bond acceptors (Lipinski definition) is 3. The Morgan fingerprint density at radius 3 is 2.59 bits per heavy atom. The van der Waals surface area contributed by atoms with E-state index in [9.17, 15) is 0 Å². The number of benzene rings is 1. The maximum absolute atomic E-state index is 5.79. The van der Waals surface area contributed by atoms with Crippen LogP contribution in [0, 0.1) is 0 Å². The van der Waals surface area contributed by atoms with Crippen molar-refractivity contribution in [2.75, 3.05) is 17.7 Å². The van der Waals surface area contributed by atoms with Crippen LogP contribution in [0.3, 0.4) is 0 Å². The highest BCUT2D eigenvalue weighted by atomic mass is 32.1. The van der Waals surface area contributed by atoms with Crippen molar-refractivity contribution in [3.8, 4) is 0 Å². The van der Waals surface area contributed by atoms with Crippen molar-refractivity contribution in [3.05, 3.63) is 46.2 Å². The number of nitrogen functional groups attached to an aromatic ring is 1. The van der Waals surface area contributed by atoms with E-state index < -0.39 is 0 Å². The Balaban J connectivity index is 2.08. The van der Waals surface area contributed by atoms with Crippen LogP contribution in [-0.2, 0) is 13.0 Å². The van der Waals surface area contributed by atoms with E-state index in [2.05, 4.69) is 37.1 Å². The third-order valence-corrected chi connectivity index (χ3v) is 3.98. The highest BCUT2D eigenvalue weighted by molar-refractivity contribution is 7.12. The summed E-state index contributed by atoms with van der Waals surface area (Å²) in [6.07, 6.45) is 1.12. The summed E-state index contributed by atoms with van der Waals surface area (Å²) in [5.74, 6) is 0. The lowest BCUT2D eigenvalue weighted by molar-refractivity contribution is 0.941. The van der Waals surface area contributed by atoms with Crippen LogP contribution in [0.15, 0.2) is 36.4 Å². The fourth-order valence-corrected chi connectivity index (χ4v) is 2.80. The number of nitrogens with two attached hydrogens (primary N) is 1. The summed E-state index contributed by atoms with van der Waals surface area (Å²) in [6, 6.07) is 12.4. The van der Waals surface area contributed by atoms with Crippen molar-refractivity contribution >= 4 is 22.7 Å². The predicted octanol–water partition coefficient (Wildman–Crippen LogP) is 3.53. The Morgan fingerprint density at radius 1 is 1.18 bits per heavy atom. The predicted molar refractivity (Wildman–Crippen MR) is 76.7 cm³/mol. The van der Waals surface area contributed by atoms with Crippen molar-refractivity contribution in [1.82, 2.24) is 0 Å². The molecular weight excluding hydrogens is 228 g/mol. The van der Waals surface area contributed by atoms with Crippen LogP contribution in [0.1, 0.15) is 16.7 Å². The van der Waals surface area contributed by atoms with Crippen LogP contribution in [0.4, 0.5) is 11.4 Å². The minimum absolute atomic E-state index is 0.815. The number of hydrogen-bond donors (Lipinski definition) is 1. The summed E-state index contributed by atoms with van der Waals surface area (Å²) in [5.41, 5.74) is 7.77. The molecular formula is C14H18N2S. The molecule has 0 amide bonds. The molecule has 0 bridgehead atoms. The molecule has 17 heavy (non-hydrogen) atoms. The van der Waals surface area contributed by atoms with Gasteiger partial charge in [-0.15, -0.1) is 11.3 Å². The summed E-state index contributed by atoms with van der Waals surface area (Å²) in [5, 5.41) is 0. The lowest BCUT2D eigenvalue weighted by Gasteiger charge is -2.18. The molecule has 2 rings (SSSR count). The molecule has 0 unspecified atom stereocenters. The Bertz CT molecular complexity index is 490. The monoisotopic (exact) mass is 246 g/mol. The second-order valence-corrected chi connectivity index (χ2v) is 5.43. The van der Waals surface area contributed by atoms with Crippen LogP contribution < -0.4 is 10.6 Å². The van der Waals surface area contributed by atoms with E-state index in [1.54, 1.807) is 0 Å². The van der Waals surface area contributed by atoms with E-state index in [1.165, 1.54) is 9.75 Å². The summed E-state index contributed by atoms with van der Waals surface area (Å²) in [4.78, 5) is 5.06. The molecule has 2 nitrogen and oxygen atoms in total. The molecule has 0 saturated carbocycles. The highest BCUT2D eigenvalue weighted by Crippen LogP contribution is 2.22. The van der Waals surface area contributed by atoms with E-state index in [1.807, 2.05) is 29.5 Å². The first-order chi connectivity index (χ1) is 8.19. The Kier molecular flexibility index (Phi) is 3.69. The molecule has 0 saturated heterocycles. The van der Waals surface area contributed by atoms with Gasteiger partial charge in [-0.2, -0.15) is 0 Å². The van der Waals surface area contributed by atoms with Gasteiger partial charge < -0.3 is 10.6 Å². The SMILES string of the molecule is CCc1ccc(CN(C)c2cccc(N)c2)s1. The van der Waals surface area contributed by atoms with Crippen molar-refractivity contribution < 1.29 is 0 Å². The molecule has 1 heterocycles. The normalized spacial score (nSPS) is 10.5. The molecule has 0 spiro atoms. The molecule has 0 aliphatic carbocycles. The summed E-state index contributed by atoms with van der Waals surface area (Å²) >= 11 is 1.89. The van der Waals surface area contributed by atoms with Gasteiger partial charge in [-0.25, -0.2) is 0 Å². The van der Waals surface area contributed by atoms with Crippen LogP contribution >= 0.6 is 11.3 Å². The van der Waals surface area contributed by atoms with Gasteiger partial charge in [0.1, 0.15) is 0 Å². The summed E-state index contributed by atoms with van der Waals surface area (Å²) < 4.78 is 0. The van der Waals surface area contributed by atoms with Crippen molar-refractivity contribution in [2.24, 2.45) is 0 Å². The van der Waals surface area contributed by atoms with Gasteiger partial charge in [0, 0.05) is 28.2 Å². The van der Waals surface area contributed by atoms with E-state index >= 15 is 0 Å². The minimum atomic E-state index is 0.815. The standard InChI is InChI=1S/C14H18N2S/c1-3-13-7-8-14(17-13)10-16(2)12-6-4-5-11(15)9-12/h4-9H,3,10,15H2,1-2H3. The average Bonchev–Trinajstić information content (AvgIpc) is 2.77. The Hall–Kier alpha value is -1.48. The number of thiophene rings is 1. The summed E-state index contributed by atoms with van der Waals surface area (Å²) in [7, 11) is 2.10. The van der Waals surface area contributed by atoms with Crippen LogP contribution in [-0.4, -0.2) is 7.05 Å². The maximum atomic E-state index is 5.79. The fraction of sp³-hybridized carbons (Fsp3) is 0.286. The van der Waals surface area contributed by atoms with Gasteiger partial charge in [-0.1, -0.05) is 13.0 Å². The van der Waals surface area contributed by atoms with E-state index in [-0.39, 0.29) is 0 Å². The number of aryl methyl sites for hydroxylation is 1. The minimum Gasteiger partial charge on any atom is -0.399 e. The van der Waals surface area contributed by atoms with Gasteiger partial charge in [0.15, 0.2) is 0 Å². The molecule has 1 aromatic heterocycles. The van der Waals surface area contributed by atoms with Gasteiger partial charge >= 0.3 is 0 Å². The lowest BCUT2D eigenvalue weighted by atomic mass is 10.2. The number of anilines is 2. The first-order valence-electron chi connectivity index (χ1n) is 5.83. The van der Waals surface area contributed by atoms with Crippen LogP contribution in [0.25, 0.3) is 0 Å². The van der Waals surface area contributed by atoms with Gasteiger partial charge in [0.2, 0.25) is 0 Å². The average molecular weight is 246 g/mol. The number of nitrogens with zero attached hydrogens (tertiary/aromatic N) is 1. The van der Waals surface area contributed by atoms with Crippen molar-refractivity contribution in [3.63, 3.8) is 0 Å². The molecule has 0 atom stereocenters. The molecule has 0 aliphatic rings. The van der Waals surface area contributed by atoms with E-state index in [0.717, 1.165) is 24.3 Å². The zero-order valence-electron chi connectivity index (χ0n) is 10.3. The summed E-state index contributed by atoms with van der Waals surface area (Å²) in [6.45, 7) is 3.13. The first-order valence-corrected chi connectivity index (χ1v) is 6.65. The molecule has 1 aromatic carbocycles. The quantitative estimate of drug-likeness (QED) is 0.836. The highest BCUT2D eigenvalue weighted by Gasteiger charge is 2.04. The zero-order chi connectivity index (χ0) is 12.3. The smallest absolute Gasteiger partial charge is 0.0519 e. The van der Waals surface area contributed by atoms with Gasteiger partial charge in [0.25, 0.3) is 0 Å². The third-order valence-electron chi connectivity index (χ3n) is 2.77. The van der Waals surface area contributed by atoms with E-state index in [0.29, 0.717) is 0 Å². The van der Waals surface area contributed by atoms with Gasteiger partial charge in [0.05, 0.1) is 6.54 Å². The van der Waals surface area contributed by atoms with Gasteiger partial charge in [-0.05, 0) is 36.8 Å². The molecule has 2 N–H and O–H groups in total. The van der Waals surface area contributed by atoms with Crippen molar-refractivity contribution in [1.29, 1.82) is 0 Å². The van der Waals surface area contributed by atoms with Crippen LogP contribution in [0.2, 0.25) is 0 Å². The zero-order valence-corrected chi connectivity index (χ0v) is 11.1. The maximum Gasteiger partial charge on any atom is 0.0519 e. The Morgan fingerprint density at radius 2 is 1.94 bits per heavy atom. The number of rotatable bonds is 4. The lowest BCUT2D eigenvalue weighted by Crippen LogP contribution is -2.15. The molecule has 90 valence electrons. The van der Waals surface area contributed by atoms with E-state index in [4.69, 9.17) is 5.73 Å². The largest absolute Gasteiger partial charge is 0.399 e. The second-order valence-electron chi connectivity index (χ2n) is 4.17. The third kappa shape index (κ3) is 3.01. The molecule has 3 heteroatoms. The second kappa shape index (κ2) is 5.23.